The van der Waals surface area contributed by atoms with Gasteiger partial charge in [-0.05, 0) is 43.3 Å². The van der Waals surface area contributed by atoms with Crippen LogP contribution in [0.15, 0.2) is 11.8 Å². The smallest absolute Gasteiger partial charge is 0.273 e. The van der Waals surface area contributed by atoms with E-state index in [1.807, 2.05) is 0 Å². The van der Waals surface area contributed by atoms with Crippen molar-refractivity contribution in [3.8, 4) is 0 Å². The summed E-state index contributed by atoms with van der Waals surface area (Å²) in [6.45, 7) is 11.4. The Morgan fingerprint density at radius 2 is 2.00 bits per heavy atom. The fourth-order valence-electron chi connectivity index (χ4n) is 1.95. The number of allylic oxidation sites excluding steroid dienone is 2. The van der Waals surface area contributed by atoms with E-state index >= 15 is 0 Å². The number of hydrogen-bond donors (Lipinski definition) is 0. The van der Waals surface area contributed by atoms with E-state index in [0.717, 1.165) is 12.3 Å². The van der Waals surface area contributed by atoms with E-state index in [2.05, 4.69) is 39.9 Å². The zero-order valence-electron chi connectivity index (χ0n) is 10.2. The van der Waals surface area contributed by atoms with Crippen LogP contribution in [0.2, 0.25) is 13.1 Å². The summed E-state index contributed by atoms with van der Waals surface area (Å²) in [6, 6.07) is 0. The molecule has 0 bridgehead atoms. The van der Waals surface area contributed by atoms with Crippen molar-refractivity contribution in [1.29, 1.82) is 0 Å². The van der Waals surface area contributed by atoms with Gasteiger partial charge in [0, 0.05) is 6.42 Å². The number of rotatable bonds is 2. The van der Waals surface area contributed by atoms with Crippen LogP contribution >= 0.6 is 0 Å². The van der Waals surface area contributed by atoms with Gasteiger partial charge >= 0.3 is 0 Å². The first-order valence-electron chi connectivity index (χ1n) is 5.56. The molecule has 0 aromatic rings. The second-order valence-corrected chi connectivity index (χ2v) is 7.54. The minimum atomic E-state index is -0.554. The molecule has 81 valence electrons. The summed E-state index contributed by atoms with van der Waals surface area (Å²) in [7, 11) is -0.554. The Bertz CT molecular complexity index is 213. The fraction of sp³-hybridized carbons (Fsp3) is 0.833. The Kier molecular flexibility index (Phi) is 3.82. The monoisotopic (exact) mass is 211 g/mol. The molecule has 0 spiro atoms. The van der Waals surface area contributed by atoms with E-state index in [-0.39, 0.29) is 0 Å². The highest BCUT2D eigenvalue weighted by molar-refractivity contribution is 6.48. The molecule has 0 aromatic carbocycles. The summed E-state index contributed by atoms with van der Waals surface area (Å²) in [5.41, 5.74) is 0.453. The number of hydrogen-bond acceptors (Lipinski definition) is 1. The van der Waals surface area contributed by atoms with Gasteiger partial charge in [0.05, 0.1) is 5.76 Å². The van der Waals surface area contributed by atoms with Crippen LogP contribution in [0.25, 0.3) is 0 Å². The minimum Gasteiger partial charge on any atom is -0.546 e. The molecule has 1 aliphatic carbocycles. The van der Waals surface area contributed by atoms with Crippen LogP contribution in [-0.2, 0) is 4.43 Å². The lowest BCUT2D eigenvalue weighted by Crippen LogP contribution is -2.23. The van der Waals surface area contributed by atoms with E-state index in [0.29, 0.717) is 5.41 Å². The van der Waals surface area contributed by atoms with Crippen molar-refractivity contribution in [3.63, 3.8) is 0 Å². The third-order valence-corrected chi connectivity index (χ3v) is 3.60. The molecule has 0 amide bonds. The third-order valence-electron chi connectivity index (χ3n) is 2.93. The molecule has 0 saturated carbocycles. The zero-order chi connectivity index (χ0) is 10.8. The van der Waals surface area contributed by atoms with Gasteiger partial charge in [-0.2, -0.15) is 0 Å². The highest BCUT2D eigenvalue weighted by Gasteiger charge is 2.26. The van der Waals surface area contributed by atoms with Crippen molar-refractivity contribution in [3.05, 3.63) is 11.8 Å². The molecule has 1 radical (unpaired) electrons. The summed E-state index contributed by atoms with van der Waals surface area (Å²) in [4.78, 5) is 0. The van der Waals surface area contributed by atoms with Gasteiger partial charge in [-0.1, -0.05) is 20.8 Å². The Labute approximate surface area is 90.3 Å². The molecule has 1 unspecified atom stereocenters. The molecule has 1 rings (SSSR count). The molecule has 0 N–H and O–H groups in total. The van der Waals surface area contributed by atoms with Gasteiger partial charge in [0.15, 0.2) is 0 Å². The molecule has 1 nitrogen and oxygen atoms in total. The van der Waals surface area contributed by atoms with Crippen molar-refractivity contribution >= 4 is 9.04 Å². The van der Waals surface area contributed by atoms with Crippen LogP contribution in [-0.4, -0.2) is 9.04 Å². The van der Waals surface area contributed by atoms with Crippen LogP contribution in [0.5, 0.6) is 0 Å². The standard InChI is InChI=1S/C12H23OSi/c1-12(2,3)10-6-8-11(9-7-10)13-14(4)5/h8,10H,6-7,9H2,1-5H3. The first kappa shape index (κ1) is 11.8. The molecule has 0 heterocycles. The average Bonchev–Trinajstić information content (AvgIpc) is 2.02. The van der Waals surface area contributed by atoms with E-state index in [9.17, 15) is 0 Å². The quantitative estimate of drug-likeness (QED) is 0.628. The van der Waals surface area contributed by atoms with Gasteiger partial charge in [0.2, 0.25) is 0 Å². The largest absolute Gasteiger partial charge is 0.546 e. The zero-order valence-corrected chi connectivity index (χ0v) is 11.2. The lowest BCUT2D eigenvalue weighted by atomic mass is 9.74. The molecular formula is C12H23OSi. The summed E-state index contributed by atoms with van der Waals surface area (Å²) < 4.78 is 5.82. The molecule has 0 saturated heterocycles. The first-order chi connectivity index (χ1) is 6.39. The highest BCUT2D eigenvalue weighted by atomic mass is 28.3. The highest BCUT2D eigenvalue weighted by Crippen LogP contribution is 2.37. The lowest BCUT2D eigenvalue weighted by molar-refractivity contribution is 0.207. The Morgan fingerprint density at radius 3 is 2.36 bits per heavy atom. The Hall–Kier alpha value is -0.243. The molecule has 1 atom stereocenters. The first-order valence-corrected chi connectivity index (χ1v) is 7.97. The molecular weight excluding hydrogens is 188 g/mol. The van der Waals surface area contributed by atoms with Crippen molar-refractivity contribution < 1.29 is 4.43 Å². The summed E-state index contributed by atoms with van der Waals surface area (Å²) >= 11 is 0. The summed E-state index contributed by atoms with van der Waals surface area (Å²) in [5.74, 6) is 2.09. The normalized spacial score (nSPS) is 23.6. The summed E-state index contributed by atoms with van der Waals surface area (Å²) in [5, 5.41) is 0. The van der Waals surface area contributed by atoms with Crippen molar-refractivity contribution in [2.24, 2.45) is 11.3 Å². The van der Waals surface area contributed by atoms with Gasteiger partial charge in [0.1, 0.15) is 0 Å². The van der Waals surface area contributed by atoms with Crippen LogP contribution in [0, 0.1) is 11.3 Å². The summed E-state index contributed by atoms with van der Waals surface area (Å²) in [6.07, 6.45) is 5.97. The fourth-order valence-corrected chi connectivity index (χ4v) is 2.66. The van der Waals surface area contributed by atoms with Gasteiger partial charge in [0.25, 0.3) is 9.04 Å². The van der Waals surface area contributed by atoms with Crippen LogP contribution in [0.3, 0.4) is 0 Å². The van der Waals surface area contributed by atoms with Gasteiger partial charge < -0.3 is 4.43 Å². The molecule has 14 heavy (non-hydrogen) atoms. The Morgan fingerprint density at radius 1 is 1.36 bits per heavy atom. The van der Waals surface area contributed by atoms with Crippen LogP contribution in [0.1, 0.15) is 40.0 Å². The van der Waals surface area contributed by atoms with Crippen molar-refractivity contribution in [2.45, 2.75) is 53.1 Å². The maximum Gasteiger partial charge on any atom is 0.273 e. The van der Waals surface area contributed by atoms with E-state index in [1.165, 1.54) is 18.6 Å². The van der Waals surface area contributed by atoms with Crippen LogP contribution < -0.4 is 0 Å². The van der Waals surface area contributed by atoms with E-state index < -0.39 is 9.04 Å². The predicted octanol–water partition coefficient (Wildman–Crippen LogP) is 3.98. The second-order valence-electron chi connectivity index (χ2n) is 5.52. The SMILES string of the molecule is C[Si](C)OC1=CCC(C(C)(C)C)CC1. The maximum absolute atomic E-state index is 5.82. The topological polar surface area (TPSA) is 9.23 Å². The van der Waals surface area contributed by atoms with Crippen molar-refractivity contribution in [2.75, 3.05) is 0 Å². The van der Waals surface area contributed by atoms with E-state index in [1.54, 1.807) is 0 Å². The molecule has 1 aliphatic rings. The maximum atomic E-state index is 5.82. The third kappa shape index (κ3) is 3.49. The molecule has 0 aromatic heterocycles. The van der Waals surface area contributed by atoms with Gasteiger partial charge in [-0.15, -0.1) is 0 Å². The average molecular weight is 211 g/mol. The minimum absolute atomic E-state index is 0.453. The lowest BCUT2D eigenvalue weighted by Gasteiger charge is -2.33. The van der Waals surface area contributed by atoms with Crippen molar-refractivity contribution in [1.82, 2.24) is 0 Å². The Balaban J connectivity index is 2.47. The van der Waals surface area contributed by atoms with Gasteiger partial charge in [-0.3, -0.25) is 0 Å². The van der Waals surface area contributed by atoms with Gasteiger partial charge in [-0.25, -0.2) is 0 Å². The molecule has 2 heteroatoms. The van der Waals surface area contributed by atoms with Crippen LogP contribution in [0.4, 0.5) is 0 Å². The predicted molar refractivity (Wildman–Crippen MR) is 63.4 cm³/mol. The second kappa shape index (κ2) is 4.52. The molecule has 0 aliphatic heterocycles. The molecule has 0 fully saturated rings. The van der Waals surface area contributed by atoms with E-state index in [4.69, 9.17) is 4.43 Å².